The summed E-state index contributed by atoms with van der Waals surface area (Å²) in [6, 6.07) is 4.79. The number of hydrogen-bond acceptors (Lipinski definition) is 5. The van der Waals surface area contributed by atoms with Gasteiger partial charge in [-0.3, -0.25) is 4.79 Å². The molecule has 0 aliphatic carbocycles. The maximum atomic E-state index is 13.9. The molecule has 0 unspecified atom stereocenters. The van der Waals surface area contributed by atoms with E-state index in [-0.39, 0.29) is 6.42 Å². The minimum Gasteiger partial charge on any atom is -0.496 e. The van der Waals surface area contributed by atoms with Crippen LogP contribution in [-0.4, -0.2) is 43.9 Å². The van der Waals surface area contributed by atoms with E-state index >= 15 is 0 Å². The van der Waals surface area contributed by atoms with Gasteiger partial charge in [-0.1, -0.05) is 6.07 Å². The van der Waals surface area contributed by atoms with Crippen molar-refractivity contribution in [1.29, 1.82) is 0 Å². The Labute approximate surface area is 172 Å². The number of carbonyl (C=O) groups excluding carboxylic acids is 1. The number of ether oxygens (including phenoxy) is 3. The van der Waals surface area contributed by atoms with E-state index < -0.39 is 35.1 Å². The average Bonchev–Trinajstić information content (AvgIpc) is 2.71. The van der Waals surface area contributed by atoms with Crippen LogP contribution >= 0.6 is 0 Å². The van der Waals surface area contributed by atoms with Crippen LogP contribution in [0.2, 0.25) is 0 Å². The number of amides is 1. The molecule has 0 aliphatic rings. The Morgan fingerprint density at radius 1 is 1.10 bits per heavy atom. The van der Waals surface area contributed by atoms with Crippen LogP contribution in [0.4, 0.5) is 8.78 Å². The predicted octanol–water partition coefficient (Wildman–Crippen LogP) is 2.94. The van der Waals surface area contributed by atoms with Gasteiger partial charge in [-0.2, -0.15) is 0 Å². The van der Waals surface area contributed by atoms with Crippen LogP contribution in [0.3, 0.4) is 0 Å². The maximum absolute atomic E-state index is 13.9. The molecule has 2 rings (SSSR count). The van der Waals surface area contributed by atoms with Crippen LogP contribution in [0.25, 0.3) is 0 Å². The molecule has 30 heavy (non-hydrogen) atoms. The van der Waals surface area contributed by atoms with Gasteiger partial charge in [0.15, 0.2) is 0 Å². The van der Waals surface area contributed by atoms with Crippen molar-refractivity contribution in [2.45, 2.75) is 26.0 Å². The SMILES string of the molecule is CCOCc1cc(OC)c(C[C@H](NC(=O)c2c(F)cccc2F)C(=O)O)c(OC)c1. The van der Waals surface area contributed by atoms with Gasteiger partial charge in [-0.05, 0) is 36.8 Å². The van der Waals surface area contributed by atoms with Crippen LogP contribution < -0.4 is 14.8 Å². The molecule has 162 valence electrons. The second-order valence-electron chi connectivity index (χ2n) is 6.28. The number of methoxy groups -OCH3 is 2. The number of halogens is 2. The Balaban J connectivity index is 2.34. The van der Waals surface area contributed by atoms with E-state index in [0.717, 1.165) is 23.8 Å². The molecule has 1 atom stereocenters. The zero-order chi connectivity index (χ0) is 22.3. The smallest absolute Gasteiger partial charge is 0.326 e. The van der Waals surface area contributed by atoms with Crippen molar-refractivity contribution in [2.24, 2.45) is 0 Å². The molecular weight excluding hydrogens is 400 g/mol. The van der Waals surface area contributed by atoms with Crippen molar-refractivity contribution in [3.63, 3.8) is 0 Å². The second-order valence-corrected chi connectivity index (χ2v) is 6.28. The van der Waals surface area contributed by atoms with Gasteiger partial charge >= 0.3 is 5.97 Å². The van der Waals surface area contributed by atoms with Gasteiger partial charge in [-0.25, -0.2) is 13.6 Å². The van der Waals surface area contributed by atoms with E-state index in [1.165, 1.54) is 14.2 Å². The molecular formula is C21H23F2NO6. The molecule has 1 amide bonds. The molecule has 0 spiro atoms. The number of carbonyl (C=O) groups is 2. The van der Waals surface area contributed by atoms with E-state index in [9.17, 15) is 23.5 Å². The zero-order valence-corrected chi connectivity index (χ0v) is 16.8. The van der Waals surface area contributed by atoms with Crippen molar-refractivity contribution in [2.75, 3.05) is 20.8 Å². The summed E-state index contributed by atoms with van der Waals surface area (Å²) in [5.41, 5.74) is 0.273. The number of carboxylic acids is 1. The highest BCUT2D eigenvalue weighted by atomic mass is 19.1. The lowest BCUT2D eigenvalue weighted by molar-refractivity contribution is -0.139. The average molecular weight is 423 g/mol. The third-order valence-electron chi connectivity index (χ3n) is 4.34. The Hall–Kier alpha value is -3.20. The van der Waals surface area contributed by atoms with Gasteiger partial charge in [0, 0.05) is 18.6 Å². The zero-order valence-electron chi connectivity index (χ0n) is 16.8. The summed E-state index contributed by atoms with van der Waals surface area (Å²) in [4.78, 5) is 24.1. The van der Waals surface area contributed by atoms with Crippen LogP contribution in [0.15, 0.2) is 30.3 Å². The van der Waals surface area contributed by atoms with Crippen molar-refractivity contribution in [1.82, 2.24) is 5.32 Å². The fraction of sp³-hybridized carbons (Fsp3) is 0.333. The molecule has 0 aliphatic heterocycles. The first-order chi connectivity index (χ1) is 14.3. The Kier molecular flexibility index (Phi) is 8.11. The standard InChI is InChI=1S/C21H23F2NO6/c1-4-30-11-12-8-17(28-2)13(18(9-12)29-3)10-16(21(26)27)24-20(25)19-14(22)6-5-7-15(19)23/h5-9,16H,4,10-11H2,1-3H3,(H,24,25)(H,26,27)/t16-/m0/s1. The highest BCUT2D eigenvalue weighted by molar-refractivity contribution is 5.97. The van der Waals surface area contributed by atoms with Crippen LogP contribution in [0.5, 0.6) is 11.5 Å². The molecule has 0 fully saturated rings. The molecule has 0 saturated carbocycles. The van der Waals surface area contributed by atoms with E-state index in [0.29, 0.717) is 30.3 Å². The summed E-state index contributed by atoms with van der Waals surface area (Å²) < 4.78 is 43.8. The lowest BCUT2D eigenvalue weighted by Gasteiger charge is -2.20. The first kappa shape index (κ1) is 23.1. The molecule has 2 aromatic carbocycles. The summed E-state index contributed by atoms with van der Waals surface area (Å²) >= 11 is 0. The molecule has 9 heteroatoms. The third-order valence-corrected chi connectivity index (χ3v) is 4.34. The van der Waals surface area contributed by atoms with Gasteiger partial charge in [-0.15, -0.1) is 0 Å². The summed E-state index contributed by atoms with van der Waals surface area (Å²) in [5, 5.41) is 11.7. The third kappa shape index (κ3) is 5.44. The predicted molar refractivity (Wildman–Crippen MR) is 104 cm³/mol. The lowest BCUT2D eigenvalue weighted by atomic mass is 10.0. The van der Waals surface area contributed by atoms with Gasteiger partial charge in [0.05, 0.1) is 20.8 Å². The summed E-state index contributed by atoms with van der Waals surface area (Å²) in [6.07, 6.45) is -0.238. The number of rotatable bonds is 10. The summed E-state index contributed by atoms with van der Waals surface area (Å²) in [6.45, 7) is 2.66. The van der Waals surface area contributed by atoms with Crippen LogP contribution in [0.1, 0.15) is 28.4 Å². The largest absolute Gasteiger partial charge is 0.496 e. The van der Waals surface area contributed by atoms with E-state index in [2.05, 4.69) is 5.32 Å². The Morgan fingerprint density at radius 2 is 1.67 bits per heavy atom. The quantitative estimate of drug-likeness (QED) is 0.610. The minimum atomic E-state index is -1.49. The summed E-state index contributed by atoms with van der Waals surface area (Å²) in [5.74, 6) is -4.08. The second kappa shape index (κ2) is 10.5. The van der Waals surface area contributed by atoms with E-state index in [4.69, 9.17) is 14.2 Å². The Bertz CT molecular complexity index is 873. The molecule has 7 nitrogen and oxygen atoms in total. The van der Waals surface area contributed by atoms with Gasteiger partial charge in [0.2, 0.25) is 0 Å². The topological polar surface area (TPSA) is 94.1 Å². The van der Waals surface area contributed by atoms with Gasteiger partial charge < -0.3 is 24.6 Å². The molecule has 0 saturated heterocycles. The highest BCUT2D eigenvalue weighted by Gasteiger charge is 2.27. The number of nitrogens with one attached hydrogen (secondary N) is 1. The molecule has 2 N–H and O–H groups in total. The van der Waals surface area contributed by atoms with Gasteiger partial charge in [0.25, 0.3) is 5.91 Å². The molecule has 0 bridgehead atoms. The Morgan fingerprint density at radius 3 is 2.13 bits per heavy atom. The fourth-order valence-corrected chi connectivity index (χ4v) is 2.89. The first-order valence-electron chi connectivity index (χ1n) is 9.11. The number of carboxylic acid groups (broad SMARTS) is 1. The lowest BCUT2D eigenvalue weighted by Crippen LogP contribution is -2.43. The number of hydrogen-bond donors (Lipinski definition) is 2. The van der Waals surface area contributed by atoms with Crippen LogP contribution in [-0.2, 0) is 22.6 Å². The van der Waals surface area contributed by atoms with Gasteiger partial charge in [0.1, 0.15) is 34.7 Å². The van der Waals surface area contributed by atoms with Crippen molar-refractivity contribution >= 4 is 11.9 Å². The maximum Gasteiger partial charge on any atom is 0.326 e. The molecule has 0 heterocycles. The highest BCUT2D eigenvalue weighted by Crippen LogP contribution is 2.32. The molecule has 0 radical (unpaired) electrons. The first-order valence-corrected chi connectivity index (χ1v) is 9.11. The van der Waals surface area contributed by atoms with Crippen molar-refractivity contribution in [3.8, 4) is 11.5 Å². The molecule has 0 aromatic heterocycles. The van der Waals surface area contributed by atoms with Crippen molar-refractivity contribution < 1.29 is 37.7 Å². The normalized spacial score (nSPS) is 11.6. The molecule has 2 aromatic rings. The number of benzene rings is 2. The number of aliphatic carboxylic acids is 1. The van der Waals surface area contributed by atoms with Crippen LogP contribution in [0, 0.1) is 11.6 Å². The van der Waals surface area contributed by atoms with E-state index in [1.807, 2.05) is 6.92 Å². The fourth-order valence-electron chi connectivity index (χ4n) is 2.89. The van der Waals surface area contributed by atoms with E-state index in [1.54, 1.807) is 12.1 Å². The summed E-state index contributed by atoms with van der Waals surface area (Å²) in [7, 11) is 2.82. The monoisotopic (exact) mass is 423 g/mol. The minimum absolute atomic E-state index is 0.238. The van der Waals surface area contributed by atoms with Crippen molar-refractivity contribution in [3.05, 3.63) is 58.7 Å².